The smallest absolute Gasteiger partial charge is 0.0740 e. The first-order valence-corrected chi connectivity index (χ1v) is 3.81. The Kier molecular flexibility index (Phi) is 1.77. The zero-order valence-corrected chi connectivity index (χ0v) is 6.58. The van der Waals surface area contributed by atoms with Gasteiger partial charge in [-0.2, -0.15) is 5.26 Å². The number of nitriles is 1. The zero-order chi connectivity index (χ0) is 8.39. The molecule has 60 valence electrons. The van der Waals surface area contributed by atoms with Crippen LogP contribution >= 0.6 is 0 Å². The van der Waals surface area contributed by atoms with Crippen LogP contribution in [0.5, 0.6) is 0 Å². The van der Waals surface area contributed by atoms with Crippen LogP contribution in [0, 0.1) is 11.3 Å². The summed E-state index contributed by atoms with van der Waals surface area (Å²) < 4.78 is 5.25. The minimum atomic E-state index is 0.430. The standard InChI is InChI=1S/C9H8N2O/c10-2-1-7-3-11-4-8-5-12-6-9(7)8/h3-4H,1,5-6H2. The van der Waals surface area contributed by atoms with Gasteiger partial charge in [-0.1, -0.05) is 0 Å². The highest BCUT2D eigenvalue weighted by molar-refractivity contribution is 5.34. The third-order valence-corrected chi connectivity index (χ3v) is 2.01. The molecule has 0 aliphatic carbocycles. The monoisotopic (exact) mass is 160 g/mol. The molecule has 2 heterocycles. The van der Waals surface area contributed by atoms with Crippen LogP contribution in [0.15, 0.2) is 12.4 Å². The summed E-state index contributed by atoms with van der Waals surface area (Å²) >= 11 is 0. The van der Waals surface area contributed by atoms with Gasteiger partial charge >= 0.3 is 0 Å². The van der Waals surface area contributed by atoms with E-state index in [0.29, 0.717) is 19.6 Å². The number of ether oxygens (including phenoxy) is 1. The van der Waals surface area contributed by atoms with Crippen LogP contribution < -0.4 is 0 Å². The van der Waals surface area contributed by atoms with E-state index in [0.717, 1.165) is 16.7 Å². The maximum absolute atomic E-state index is 8.53. The summed E-state index contributed by atoms with van der Waals surface area (Å²) in [6, 6.07) is 2.12. The second-order valence-corrected chi connectivity index (χ2v) is 2.76. The third kappa shape index (κ3) is 1.06. The number of hydrogen-bond donors (Lipinski definition) is 0. The molecular formula is C9H8N2O. The van der Waals surface area contributed by atoms with Crippen molar-refractivity contribution in [3.63, 3.8) is 0 Å². The fourth-order valence-corrected chi connectivity index (χ4v) is 1.39. The molecule has 0 amide bonds. The number of hydrogen-bond acceptors (Lipinski definition) is 3. The van der Waals surface area contributed by atoms with Crippen molar-refractivity contribution < 1.29 is 4.74 Å². The van der Waals surface area contributed by atoms with E-state index < -0.39 is 0 Å². The molecule has 0 spiro atoms. The van der Waals surface area contributed by atoms with Crippen molar-refractivity contribution in [2.45, 2.75) is 19.6 Å². The molecule has 0 bridgehead atoms. The first-order chi connectivity index (χ1) is 5.92. The van der Waals surface area contributed by atoms with E-state index in [9.17, 15) is 0 Å². The first-order valence-electron chi connectivity index (χ1n) is 3.81. The lowest BCUT2D eigenvalue weighted by molar-refractivity contribution is 0.134. The summed E-state index contributed by atoms with van der Waals surface area (Å²) in [7, 11) is 0. The summed E-state index contributed by atoms with van der Waals surface area (Å²) in [5.74, 6) is 0. The molecule has 3 nitrogen and oxygen atoms in total. The maximum Gasteiger partial charge on any atom is 0.0740 e. The predicted molar refractivity (Wildman–Crippen MR) is 42.0 cm³/mol. The van der Waals surface area contributed by atoms with Crippen LogP contribution in [0.2, 0.25) is 0 Å². The summed E-state index contributed by atoms with van der Waals surface area (Å²) in [4.78, 5) is 4.04. The summed E-state index contributed by atoms with van der Waals surface area (Å²) in [6.45, 7) is 1.27. The first kappa shape index (κ1) is 7.26. The molecule has 0 saturated carbocycles. The molecule has 0 aromatic carbocycles. The van der Waals surface area contributed by atoms with Crippen LogP contribution in [-0.2, 0) is 24.4 Å². The molecule has 2 rings (SSSR count). The predicted octanol–water partition coefficient (Wildman–Crippen LogP) is 1.18. The van der Waals surface area contributed by atoms with Gasteiger partial charge in [-0.15, -0.1) is 0 Å². The van der Waals surface area contributed by atoms with Gasteiger partial charge in [-0.25, -0.2) is 0 Å². The Morgan fingerprint density at radius 2 is 2.42 bits per heavy atom. The van der Waals surface area contributed by atoms with Gasteiger partial charge in [0.05, 0.1) is 25.7 Å². The van der Waals surface area contributed by atoms with Gasteiger partial charge in [-0.05, 0) is 11.1 Å². The number of rotatable bonds is 1. The SMILES string of the molecule is N#CCc1cncc2c1COC2. The minimum absolute atomic E-state index is 0.430. The molecule has 0 fully saturated rings. The minimum Gasteiger partial charge on any atom is -0.372 e. The Morgan fingerprint density at radius 3 is 3.25 bits per heavy atom. The molecule has 1 aliphatic rings. The lowest BCUT2D eigenvalue weighted by atomic mass is 10.1. The molecule has 0 N–H and O–H groups in total. The topological polar surface area (TPSA) is 45.9 Å². The fourth-order valence-electron chi connectivity index (χ4n) is 1.39. The fraction of sp³-hybridized carbons (Fsp3) is 0.333. The lowest BCUT2D eigenvalue weighted by Gasteiger charge is -2.00. The molecule has 0 saturated heterocycles. The number of fused-ring (bicyclic) bond motifs is 1. The van der Waals surface area contributed by atoms with Gasteiger partial charge < -0.3 is 4.74 Å². The van der Waals surface area contributed by atoms with Crippen molar-refractivity contribution in [2.24, 2.45) is 0 Å². The number of pyridine rings is 1. The largest absolute Gasteiger partial charge is 0.372 e. The summed E-state index contributed by atoms with van der Waals surface area (Å²) in [5.41, 5.74) is 3.29. The van der Waals surface area contributed by atoms with E-state index in [4.69, 9.17) is 10.00 Å². The zero-order valence-electron chi connectivity index (χ0n) is 6.58. The van der Waals surface area contributed by atoms with E-state index in [1.807, 2.05) is 6.20 Å². The molecule has 1 aliphatic heterocycles. The van der Waals surface area contributed by atoms with Crippen molar-refractivity contribution in [3.05, 3.63) is 29.1 Å². The molecule has 0 unspecified atom stereocenters. The molecule has 3 heteroatoms. The Balaban J connectivity index is 2.44. The highest BCUT2D eigenvalue weighted by Gasteiger charge is 2.14. The van der Waals surface area contributed by atoms with Gasteiger partial charge in [0.1, 0.15) is 0 Å². The van der Waals surface area contributed by atoms with Crippen LogP contribution in [0.1, 0.15) is 16.7 Å². The Bertz CT molecular complexity index is 341. The average molecular weight is 160 g/mol. The van der Waals surface area contributed by atoms with Gasteiger partial charge in [0, 0.05) is 18.0 Å². The van der Waals surface area contributed by atoms with Crippen LogP contribution in [-0.4, -0.2) is 4.98 Å². The maximum atomic E-state index is 8.53. The lowest BCUT2D eigenvalue weighted by Crippen LogP contribution is -1.93. The van der Waals surface area contributed by atoms with Crippen molar-refractivity contribution in [1.29, 1.82) is 5.26 Å². The van der Waals surface area contributed by atoms with Crippen LogP contribution in [0.3, 0.4) is 0 Å². The Morgan fingerprint density at radius 1 is 1.50 bits per heavy atom. The summed E-state index contributed by atoms with van der Waals surface area (Å²) in [5, 5.41) is 8.53. The van der Waals surface area contributed by atoms with Crippen LogP contribution in [0.25, 0.3) is 0 Å². The van der Waals surface area contributed by atoms with E-state index in [1.54, 1.807) is 6.20 Å². The van der Waals surface area contributed by atoms with Gasteiger partial charge in [0.15, 0.2) is 0 Å². The molecule has 0 radical (unpaired) electrons. The Hall–Kier alpha value is -1.40. The van der Waals surface area contributed by atoms with Crippen molar-refractivity contribution in [3.8, 4) is 6.07 Å². The molecule has 12 heavy (non-hydrogen) atoms. The summed E-state index contributed by atoms with van der Waals surface area (Å²) in [6.07, 6.45) is 3.99. The molecular weight excluding hydrogens is 152 g/mol. The van der Waals surface area contributed by atoms with Crippen molar-refractivity contribution in [1.82, 2.24) is 4.98 Å². The van der Waals surface area contributed by atoms with Gasteiger partial charge in [-0.3, -0.25) is 4.98 Å². The van der Waals surface area contributed by atoms with E-state index >= 15 is 0 Å². The molecule has 1 aromatic rings. The Labute approximate surface area is 70.6 Å². The van der Waals surface area contributed by atoms with E-state index in [1.165, 1.54) is 0 Å². The number of nitrogens with zero attached hydrogens (tertiary/aromatic N) is 2. The highest BCUT2D eigenvalue weighted by atomic mass is 16.5. The van der Waals surface area contributed by atoms with Gasteiger partial charge in [0.2, 0.25) is 0 Å². The number of aromatic nitrogens is 1. The van der Waals surface area contributed by atoms with E-state index in [2.05, 4.69) is 11.1 Å². The second-order valence-electron chi connectivity index (χ2n) is 2.76. The van der Waals surface area contributed by atoms with Crippen molar-refractivity contribution in [2.75, 3.05) is 0 Å². The molecule has 0 atom stereocenters. The van der Waals surface area contributed by atoms with Gasteiger partial charge in [0.25, 0.3) is 0 Å². The van der Waals surface area contributed by atoms with Crippen molar-refractivity contribution >= 4 is 0 Å². The highest BCUT2D eigenvalue weighted by Crippen LogP contribution is 2.22. The average Bonchev–Trinajstić information content (AvgIpc) is 2.53. The molecule has 1 aromatic heterocycles. The quantitative estimate of drug-likeness (QED) is 0.619. The van der Waals surface area contributed by atoms with E-state index in [-0.39, 0.29) is 0 Å². The van der Waals surface area contributed by atoms with Crippen LogP contribution in [0.4, 0.5) is 0 Å². The second kappa shape index (κ2) is 2.92. The third-order valence-electron chi connectivity index (χ3n) is 2.01. The normalized spacial score (nSPS) is 13.9.